The third-order valence-corrected chi connectivity index (χ3v) is 5.60. The van der Waals surface area contributed by atoms with Gasteiger partial charge in [-0.2, -0.15) is 13.2 Å². The molecule has 34 heavy (non-hydrogen) atoms. The molecule has 0 unspecified atom stereocenters. The zero-order chi connectivity index (χ0) is 23.9. The number of hydrogen-bond acceptors (Lipinski definition) is 3. The van der Waals surface area contributed by atoms with Crippen molar-refractivity contribution in [3.8, 4) is 11.3 Å². The first kappa shape index (κ1) is 21.5. The molecule has 5 aromatic rings. The molecule has 0 atom stereocenters. The van der Waals surface area contributed by atoms with Gasteiger partial charge in [-0.05, 0) is 60.7 Å². The normalized spacial score (nSPS) is 12.1. The van der Waals surface area contributed by atoms with E-state index in [1.807, 2.05) is 30.3 Å². The second-order valence-corrected chi connectivity index (χ2v) is 7.88. The number of halogens is 3. The summed E-state index contributed by atoms with van der Waals surface area (Å²) < 4.78 is 39.1. The highest BCUT2D eigenvalue weighted by atomic mass is 19.4. The number of para-hydroxylation sites is 1. The number of benzene rings is 3. The number of fused-ring (bicyclic) bond motifs is 3. The molecule has 0 amide bonds. The largest absolute Gasteiger partial charge is 0.416 e. The topological polar surface area (TPSA) is 71.8 Å². The molecule has 0 bridgehead atoms. The van der Waals surface area contributed by atoms with Gasteiger partial charge in [0.2, 0.25) is 0 Å². The summed E-state index contributed by atoms with van der Waals surface area (Å²) in [6.07, 6.45) is -1.39. The number of rotatable bonds is 4. The third-order valence-electron chi connectivity index (χ3n) is 5.60. The van der Waals surface area contributed by atoms with Gasteiger partial charge in [0.25, 0.3) is 0 Å². The summed E-state index contributed by atoms with van der Waals surface area (Å²) in [5.74, 6) is -0.211. The second kappa shape index (κ2) is 8.19. The highest BCUT2D eigenvalue weighted by Crippen LogP contribution is 2.35. The maximum atomic E-state index is 13.0. The summed E-state index contributed by atoms with van der Waals surface area (Å²) in [6, 6.07) is 21.0. The van der Waals surface area contributed by atoms with Gasteiger partial charge in [-0.15, -0.1) is 0 Å². The smallest absolute Gasteiger partial charge is 0.399 e. The minimum atomic E-state index is -4.42. The van der Waals surface area contributed by atoms with E-state index in [0.29, 0.717) is 33.7 Å². The Morgan fingerprint density at radius 3 is 2.32 bits per heavy atom. The Hall–Kier alpha value is -4.39. The lowest BCUT2D eigenvalue weighted by Gasteiger charge is -2.09. The molecule has 3 N–H and O–H groups in total. The molecule has 0 radical (unpaired) electrons. The van der Waals surface area contributed by atoms with Gasteiger partial charge in [0.15, 0.2) is 5.78 Å². The summed E-state index contributed by atoms with van der Waals surface area (Å²) in [7, 11) is 0. The maximum absolute atomic E-state index is 13.0. The third kappa shape index (κ3) is 4.03. The van der Waals surface area contributed by atoms with Crippen molar-refractivity contribution < 1.29 is 18.0 Å². The molecule has 7 heteroatoms. The Bertz CT molecular complexity index is 1550. The lowest BCUT2D eigenvalue weighted by atomic mass is 10.0. The number of alkyl halides is 3. The van der Waals surface area contributed by atoms with Crippen LogP contribution < -0.4 is 5.73 Å². The van der Waals surface area contributed by atoms with Gasteiger partial charge in [0, 0.05) is 33.1 Å². The average molecular weight is 457 g/mol. The van der Waals surface area contributed by atoms with Crippen molar-refractivity contribution in [2.75, 3.05) is 5.73 Å². The number of ketones is 1. The number of aromatic amines is 1. The number of anilines is 1. The van der Waals surface area contributed by atoms with Gasteiger partial charge in [-0.1, -0.05) is 30.3 Å². The zero-order valence-corrected chi connectivity index (χ0v) is 17.7. The van der Waals surface area contributed by atoms with E-state index in [4.69, 9.17) is 5.73 Å². The number of aromatic nitrogens is 2. The summed E-state index contributed by atoms with van der Waals surface area (Å²) in [5, 5.41) is 1.81. The van der Waals surface area contributed by atoms with Gasteiger partial charge in [-0.3, -0.25) is 4.79 Å². The summed E-state index contributed by atoms with van der Waals surface area (Å²) in [5.41, 5.74) is 9.14. The molecule has 0 aliphatic heterocycles. The number of nitrogens with zero attached hydrogens (tertiary/aromatic N) is 1. The van der Waals surface area contributed by atoms with Crippen LogP contribution in [0.15, 0.2) is 84.9 Å². The number of pyridine rings is 1. The van der Waals surface area contributed by atoms with E-state index >= 15 is 0 Å². The Morgan fingerprint density at radius 1 is 0.912 bits per heavy atom. The first-order valence-electron chi connectivity index (χ1n) is 10.5. The Labute approximate surface area is 192 Å². The minimum Gasteiger partial charge on any atom is -0.399 e. The molecule has 0 aliphatic rings. The van der Waals surface area contributed by atoms with Crippen molar-refractivity contribution >= 4 is 39.4 Å². The first-order valence-corrected chi connectivity index (χ1v) is 10.5. The molecular formula is C27H18F3N3O. The van der Waals surface area contributed by atoms with Gasteiger partial charge in [-0.25, -0.2) is 4.98 Å². The predicted octanol–water partition coefficient (Wildman–Crippen LogP) is 6.88. The molecule has 4 nitrogen and oxygen atoms in total. The number of nitrogens with one attached hydrogen (secondary N) is 1. The highest BCUT2D eigenvalue weighted by molar-refractivity contribution is 6.12. The fourth-order valence-electron chi connectivity index (χ4n) is 3.88. The van der Waals surface area contributed by atoms with Crippen LogP contribution in [0.25, 0.3) is 39.1 Å². The van der Waals surface area contributed by atoms with Crippen LogP contribution in [0.4, 0.5) is 18.9 Å². The molecule has 3 aromatic carbocycles. The lowest BCUT2D eigenvalue weighted by Crippen LogP contribution is -2.04. The number of nitrogen functional groups attached to an aromatic ring is 1. The molecule has 168 valence electrons. The Kier molecular flexibility index (Phi) is 5.17. The molecular weight excluding hydrogens is 439 g/mol. The quantitative estimate of drug-likeness (QED) is 0.176. The van der Waals surface area contributed by atoms with Crippen molar-refractivity contribution in [2.24, 2.45) is 0 Å². The monoisotopic (exact) mass is 457 g/mol. The molecule has 0 aliphatic carbocycles. The van der Waals surface area contributed by atoms with Gasteiger partial charge >= 0.3 is 6.18 Å². The number of allylic oxidation sites excluding steroid dienone is 1. The molecule has 5 rings (SSSR count). The number of hydrogen-bond donors (Lipinski definition) is 2. The van der Waals surface area contributed by atoms with Crippen molar-refractivity contribution in [1.82, 2.24) is 9.97 Å². The molecule has 2 aromatic heterocycles. The molecule has 2 heterocycles. The van der Waals surface area contributed by atoms with Crippen molar-refractivity contribution in [3.63, 3.8) is 0 Å². The van der Waals surface area contributed by atoms with E-state index < -0.39 is 11.7 Å². The Morgan fingerprint density at radius 2 is 1.62 bits per heavy atom. The Balaban J connectivity index is 1.62. The van der Waals surface area contributed by atoms with Crippen LogP contribution in [0.1, 0.15) is 21.6 Å². The summed E-state index contributed by atoms with van der Waals surface area (Å²) in [6.45, 7) is 0. The molecule has 0 fully saturated rings. The van der Waals surface area contributed by atoms with Crippen LogP contribution in [-0.2, 0) is 6.18 Å². The van der Waals surface area contributed by atoms with E-state index in [9.17, 15) is 18.0 Å². The molecule has 0 spiro atoms. The average Bonchev–Trinajstić information content (AvgIpc) is 3.21. The molecule has 0 saturated carbocycles. The predicted molar refractivity (Wildman–Crippen MR) is 128 cm³/mol. The zero-order valence-electron chi connectivity index (χ0n) is 17.7. The van der Waals surface area contributed by atoms with Gasteiger partial charge < -0.3 is 10.7 Å². The van der Waals surface area contributed by atoms with E-state index in [-0.39, 0.29) is 5.78 Å². The first-order chi connectivity index (χ1) is 16.3. The van der Waals surface area contributed by atoms with Crippen LogP contribution in [0, 0.1) is 0 Å². The van der Waals surface area contributed by atoms with Crippen LogP contribution in [0.5, 0.6) is 0 Å². The van der Waals surface area contributed by atoms with Crippen molar-refractivity contribution in [3.05, 3.63) is 102 Å². The number of carbonyl (C=O) groups is 1. The maximum Gasteiger partial charge on any atom is 0.416 e. The van der Waals surface area contributed by atoms with Crippen LogP contribution in [0.3, 0.4) is 0 Å². The number of carbonyl (C=O) groups excluding carboxylic acids is 1. The SMILES string of the molecule is Nc1ccc(C(=O)/C=C/c2cc3c([nH]c4ccccc43)c(-c3ccc(C(F)(F)F)cc3)n2)cc1. The van der Waals surface area contributed by atoms with E-state index in [1.165, 1.54) is 18.2 Å². The number of nitrogens with two attached hydrogens (primary N) is 1. The van der Waals surface area contributed by atoms with E-state index in [2.05, 4.69) is 9.97 Å². The van der Waals surface area contributed by atoms with Gasteiger partial charge in [0.05, 0.1) is 22.5 Å². The minimum absolute atomic E-state index is 0.211. The standard InChI is InChI=1S/C27H18F3N3O/c28-27(29,30)18-9-5-17(6-10-18)25-26-22(21-3-1-2-4-23(21)33-26)15-20(32-25)13-14-24(34)16-7-11-19(31)12-8-16/h1-15,33H,31H2/b14-13+. The van der Waals surface area contributed by atoms with Crippen molar-refractivity contribution in [1.29, 1.82) is 0 Å². The fourth-order valence-corrected chi connectivity index (χ4v) is 3.88. The summed E-state index contributed by atoms with van der Waals surface area (Å²) >= 11 is 0. The van der Waals surface area contributed by atoms with Crippen LogP contribution in [-0.4, -0.2) is 15.8 Å². The molecule has 0 saturated heterocycles. The summed E-state index contributed by atoms with van der Waals surface area (Å²) in [4.78, 5) is 20.6. The van der Waals surface area contributed by atoms with Crippen molar-refractivity contribution in [2.45, 2.75) is 6.18 Å². The second-order valence-electron chi connectivity index (χ2n) is 7.88. The fraction of sp³-hybridized carbons (Fsp3) is 0.0370. The highest BCUT2D eigenvalue weighted by Gasteiger charge is 2.30. The van der Waals surface area contributed by atoms with E-state index in [0.717, 1.165) is 28.4 Å². The van der Waals surface area contributed by atoms with Crippen LogP contribution >= 0.6 is 0 Å². The number of H-pyrrole nitrogens is 1. The lowest BCUT2D eigenvalue weighted by molar-refractivity contribution is -0.137. The van der Waals surface area contributed by atoms with Gasteiger partial charge in [0.1, 0.15) is 0 Å². The van der Waals surface area contributed by atoms with Crippen LogP contribution in [0.2, 0.25) is 0 Å². The van der Waals surface area contributed by atoms with E-state index in [1.54, 1.807) is 30.3 Å².